The summed E-state index contributed by atoms with van der Waals surface area (Å²) in [7, 11) is 0. The largest absolute Gasteiger partial charge is 0.457 e. The zero-order valence-electron chi connectivity index (χ0n) is 19.6. The molecule has 0 spiro atoms. The first kappa shape index (κ1) is 20.0. The average molecular weight is 454 g/mol. The molecule has 0 saturated carbocycles. The second-order valence-electron chi connectivity index (χ2n) is 9.56. The van der Waals surface area contributed by atoms with Crippen LogP contribution in [0.15, 0.2) is 103 Å². The summed E-state index contributed by atoms with van der Waals surface area (Å²) in [6.07, 6.45) is 3.69. The van der Waals surface area contributed by atoms with Crippen LogP contribution in [0.25, 0.3) is 38.9 Å². The lowest BCUT2D eigenvalue weighted by Crippen LogP contribution is -2.26. The van der Waals surface area contributed by atoms with Gasteiger partial charge in [0, 0.05) is 45.8 Å². The third kappa shape index (κ3) is 2.93. The number of hydrogen-bond donors (Lipinski definition) is 0. The second-order valence-corrected chi connectivity index (χ2v) is 9.56. The molecule has 1 aliphatic rings. The van der Waals surface area contributed by atoms with E-state index in [-0.39, 0.29) is 5.41 Å². The Labute approximate surface area is 203 Å². The van der Waals surface area contributed by atoms with E-state index in [0.29, 0.717) is 0 Å². The molecule has 0 bridgehead atoms. The summed E-state index contributed by atoms with van der Waals surface area (Å²) in [5.74, 6) is 2.56. The maximum Gasteiger partial charge on any atom is 0.141 e. The van der Waals surface area contributed by atoms with Crippen molar-refractivity contribution in [1.82, 2.24) is 14.5 Å². The van der Waals surface area contributed by atoms with Crippen molar-refractivity contribution >= 4 is 21.8 Å². The first-order chi connectivity index (χ1) is 17.1. The number of aromatic nitrogens is 3. The number of rotatable bonds is 3. The van der Waals surface area contributed by atoms with Crippen molar-refractivity contribution < 1.29 is 4.74 Å². The molecule has 0 fully saturated rings. The number of fused-ring (bicyclic) bond motifs is 5. The van der Waals surface area contributed by atoms with Crippen molar-refractivity contribution in [2.45, 2.75) is 19.3 Å². The van der Waals surface area contributed by atoms with Crippen LogP contribution in [-0.2, 0) is 5.41 Å². The lowest BCUT2D eigenvalue weighted by Gasteiger charge is -2.33. The van der Waals surface area contributed by atoms with E-state index in [1.807, 2.05) is 54.7 Å². The van der Waals surface area contributed by atoms with Crippen molar-refractivity contribution in [2.75, 3.05) is 0 Å². The predicted molar refractivity (Wildman–Crippen MR) is 140 cm³/mol. The van der Waals surface area contributed by atoms with Crippen LogP contribution >= 0.6 is 0 Å². The standard InChI is InChI=1S/C31H23N3O/c1-31(2)25-11-6-10-24-23-15-14-22(19-28(23)34(29(24)25)30-26(31)12-7-17-33-30)35-21-9-5-8-20(18-21)27-13-3-4-16-32-27/h3-19H,1-2H3. The molecule has 4 heterocycles. The molecular weight excluding hydrogens is 430 g/mol. The van der Waals surface area contributed by atoms with Crippen LogP contribution in [0.4, 0.5) is 0 Å². The molecule has 35 heavy (non-hydrogen) atoms. The Morgan fingerprint density at radius 2 is 1.51 bits per heavy atom. The average Bonchev–Trinajstić information content (AvgIpc) is 3.22. The van der Waals surface area contributed by atoms with E-state index in [4.69, 9.17) is 9.72 Å². The van der Waals surface area contributed by atoms with E-state index >= 15 is 0 Å². The number of benzene rings is 3. The van der Waals surface area contributed by atoms with Crippen LogP contribution in [0.1, 0.15) is 25.0 Å². The van der Waals surface area contributed by atoms with E-state index in [1.165, 1.54) is 27.4 Å². The second kappa shape index (κ2) is 7.28. The van der Waals surface area contributed by atoms with E-state index < -0.39 is 0 Å². The van der Waals surface area contributed by atoms with Crippen LogP contribution in [0.3, 0.4) is 0 Å². The Hall–Kier alpha value is -4.44. The highest BCUT2D eigenvalue weighted by Crippen LogP contribution is 2.47. The van der Waals surface area contributed by atoms with Gasteiger partial charge in [0.2, 0.25) is 0 Å². The van der Waals surface area contributed by atoms with Gasteiger partial charge in [-0.2, -0.15) is 0 Å². The molecule has 1 aliphatic heterocycles. The Morgan fingerprint density at radius 3 is 2.40 bits per heavy atom. The van der Waals surface area contributed by atoms with Crippen LogP contribution in [-0.4, -0.2) is 14.5 Å². The zero-order chi connectivity index (χ0) is 23.6. The van der Waals surface area contributed by atoms with Gasteiger partial charge in [0.1, 0.15) is 17.3 Å². The monoisotopic (exact) mass is 453 g/mol. The number of para-hydroxylation sites is 1. The fraction of sp³-hybridized carbons (Fsp3) is 0.0968. The fourth-order valence-corrected chi connectivity index (χ4v) is 5.43. The van der Waals surface area contributed by atoms with Crippen molar-refractivity contribution in [2.24, 2.45) is 0 Å². The van der Waals surface area contributed by atoms with E-state index in [2.05, 4.69) is 65.9 Å². The number of nitrogens with zero attached hydrogens (tertiary/aromatic N) is 3. The number of pyridine rings is 2. The van der Waals surface area contributed by atoms with Crippen LogP contribution in [0.2, 0.25) is 0 Å². The number of ether oxygens (including phenoxy) is 1. The molecule has 3 aromatic carbocycles. The van der Waals surface area contributed by atoms with Crippen molar-refractivity contribution in [3.05, 3.63) is 115 Å². The zero-order valence-corrected chi connectivity index (χ0v) is 19.6. The van der Waals surface area contributed by atoms with Gasteiger partial charge >= 0.3 is 0 Å². The van der Waals surface area contributed by atoms with Gasteiger partial charge in [0.25, 0.3) is 0 Å². The quantitative estimate of drug-likeness (QED) is 0.276. The molecule has 168 valence electrons. The van der Waals surface area contributed by atoms with E-state index in [1.54, 1.807) is 6.20 Å². The van der Waals surface area contributed by atoms with Gasteiger partial charge < -0.3 is 4.74 Å². The molecule has 4 heteroatoms. The normalized spacial score (nSPS) is 13.7. The van der Waals surface area contributed by atoms with Crippen molar-refractivity contribution in [1.29, 1.82) is 0 Å². The lowest BCUT2D eigenvalue weighted by atomic mass is 9.76. The molecule has 4 nitrogen and oxygen atoms in total. The molecule has 0 aliphatic carbocycles. The number of hydrogen-bond acceptors (Lipinski definition) is 3. The molecular formula is C31H23N3O. The van der Waals surface area contributed by atoms with Crippen LogP contribution in [0, 0.1) is 0 Å². The predicted octanol–water partition coefficient (Wildman–Crippen LogP) is 7.67. The third-order valence-electron chi connectivity index (χ3n) is 7.14. The van der Waals surface area contributed by atoms with Crippen LogP contribution < -0.4 is 4.74 Å². The highest BCUT2D eigenvalue weighted by Gasteiger charge is 2.35. The molecule has 6 aromatic rings. The highest BCUT2D eigenvalue weighted by molar-refractivity contribution is 6.11. The maximum atomic E-state index is 6.36. The summed E-state index contributed by atoms with van der Waals surface area (Å²) in [4.78, 5) is 9.30. The highest BCUT2D eigenvalue weighted by atomic mass is 16.5. The summed E-state index contributed by atoms with van der Waals surface area (Å²) in [5.41, 5.74) is 6.70. The Kier molecular flexibility index (Phi) is 4.15. The summed E-state index contributed by atoms with van der Waals surface area (Å²) in [6.45, 7) is 4.57. The Bertz CT molecular complexity index is 1750. The minimum atomic E-state index is -0.126. The molecule has 0 atom stereocenters. The van der Waals surface area contributed by atoms with Gasteiger partial charge in [-0.25, -0.2) is 4.98 Å². The minimum Gasteiger partial charge on any atom is -0.457 e. The van der Waals surface area contributed by atoms with Gasteiger partial charge in [-0.1, -0.05) is 56.3 Å². The van der Waals surface area contributed by atoms with E-state index in [9.17, 15) is 0 Å². The summed E-state index contributed by atoms with van der Waals surface area (Å²) < 4.78 is 8.66. The third-order valence-corrected chi connectivity index (χ3v) is 7.14. The molecule has 0 N–H and O–H groups in total. The Balaban J connectivity index is 1.40. The smallest absolute Gasteiger partial charge is 0.141 e. The van der Waals surface area contributed by atoms with Crippen molar-refractivity contribution in [3.8, 4) is 28.6 Å². The molecule has 0 saturated heterocycles. The van der Waals surface area contributed by atoms with E-state index in [0.717, 1.165) is 34.1 Å². The van der Waals surface area contributed by atoms with Gasteiger partial charge in [0.15, 0.2) is 0 Å². The SMILES string of the molecule is CC1(C)c2cccnc2-n2c3cc(Oc4cccc(-c5ccccn5)c4)ccc3c3cccc1c32. The molecule has 0 amide bonds. The van der Waals surface area contributed by atoms with Gasteiger partial charge in [-0.05, 0) is 48.0 Å². The molecule has 7 rings (SSSR count). The lowest BCUT2D eigenvalue weighted by molar-refractivity contribution is 0.483. The summed E-state index contributed by atoms with van der Waals surface area (Å²) in [5, 5.41) is 2.44. The van der Waals surface area contributed by atoms with Crippen LogP contribution in [0.5, 0.6) is 11.5 Å². The minimum absolute atomic E-state index is 0.126. The maximum absolute atomic E-state index is 6.36. The molecule has 3 aromatic heterocycles. The first-order valence-electron chi connectivity index (χ1n) is 11.8. The summed E-state index contributed by atoms with van der Waals surface area (Å²) >= 11 is 0. The molecule has 0 unspecified atom stereocenters. The van der Waals surface area contributed by atoms with Gasteiger partial charge in [-0.15, -0.1) is 0 Å². The molecule has 0 radical (unpaired) electrons. The van der Waals surface area contributed by atoms with Gasteiger partial charge in [-0.3, -0.25) is 9.55 Å². The van der Waals surface area contributed by atoms with Crippen molar-refractivity contribution in [3.63, 3.8) is 0 Å². The first-order valence-corrected chi connectivity index (χ1v) is 11.8. The fourth-order valence-electron chi connectivity index (χ4n) is 5.43. The Morgan fingerprint density at radius 1 is 0.686 bits per heavy atom. The summed E-state index contributed by atoms with van der Waals surface area (Å²) in [6, 6.07) is 31.2. The topological polar surface area (TPSA) is 39.9 Å². The van der Waals surface area contributed by atoms with Gasteiger partial charge in [0.05, 0.1) is 16.7 Å².